The van der Waals surface area contributed by atoms with Gasteiger partial charge in [0.15, 0.2) is 0 Å². The number of rotatable bonds is 1. The topological polar surface area (TPSA) is 18.5 Å². The molecule has 3 nitrogen and oxygen atoms in total. The van der Waals surface area contributed by atoms with E-state index in [1.807, 2.05) is 0 Å². The lowest BCUT2D eigenvalue weighted by Gasteiger charge is -2.33. The van der Waals surface area contributed by atoms with Crippen LogP contribution in [0.4, 0.5) is 5.69 Å². The Hall–Kier alpha value is -1.06. The minimum absolute atomic E-state index is 0.605. The first-order valence-corrected chi connectivity index (χ1v) is 7.52. The van der Waals surface area contributed by atoms with Gasteiger partial charge in [-0.05, 0) is 57.1 Å². The molecule has 0 amide bonds. The van der Waals surface area contributed by atoms with E-state index in [-0.39, 0.29) is 0 Å². The molecular formula is C16H25N3. The van der Waals surface area contributed by atoms with E-state index in [1.165, 1.54) is 43.7 Å². The van der Waals surface area contributed by atoms with Gasteiger partial charge in [-0.1, -0.05) is 12.1 Å². The van der Waals surface area contributed by atoms with Gasteiger partial charge < -0.3 is 15.1 Å². The largest absolute Gasteiger partial charge is 0.367 e. The first kappa shape index (κ1) is 12.9. The molecule has 19 heavy (non-hydrogen) atoms. The molecule has 1 atom stereocenters. The summed E-state index contributed by atoms with van der Waals surface area (Å²) < 4.78 is 0. The maximum Gasteiger partial charge on any atom is 0.0405 e. The number of fused-ring (bicyclic) bond motifs is 1. The van der Waals surface area contributed by atoms with Gasteiger partial charge in [0.25, 0.3) is 0 Å². The lowest BCUT2D eigenvalue weighted by atomic mass is 9.97. The maximum absolute atomic E-state index is 3.47. The Morgan fingerprint density at radius 1 is 1.26 bits per heavy atom. The number of benzene rings is 1. The third kappa shape index (κ3) is 2.63. The van der Waals surface area contributed by atoms with Crippen molar-refractivity contribution in [3.8, 4) is 0 Å². The van der Waals surface area contributed by atoms with E-state index in [0.29, 0.717) is 6.04 Å². The highest BCUT2D eigenvalue weighted by molar-refractivity contribution is 5.58. The number of nitrogens with one attached hydrogen (secondary N) is 1. The number of hydrogen-bond donors (Lipinski definition) is 1. The first-order valence-electron chi connectivity index (χ1n) is 7.52. The van der Waals surface area contributed by atoms with Crippen molar-refractivity contribution >= 4 is 5.69 Å². The summed E-state index contributed by atoms with van der Waals surface area (Å²) >= 11 is 0. The average molecular weight is 259 g/mol. The Balaban J connectivity index is 1.92. The number of anilines is 1. The minimum atomic E-state index is 0.605. The van der Waals surface area contributed by atoms with Crippen LogP contribution in [-0.2, 0) is 13.0 Å². The molecule has 3 rings (SSSR count). The standard InChI is InChI=1S/C16H25N3/c1-13-12-18(2)9-4-10-19(13)16-6-3-5-14-11-17-8-7-15(14)16/h3,5-6,13,17H,4,7-12H2,1-2H3. The third-order valence-electron chi connectivity index (χ3n) is 4.47. The van der Waals surface area contributed by atoms with Gasteiger partial charge in [-0.3, -0.25) is 0 Å². The summed E-state index contributed by atoms with van der Waals surface area (Å²) in [4.78, 5) is 5.09. The van der Waals surface area contributed by atoms with Crippen LogP contribution in [0.25, 0.3) is 0 Å². The van der Waals surface area contributed by atoms with Crippen LogP contribution in [0.15, 0.2) is 18.2 Å². The molecule has 0 bridgehead atoms. The van der Waals surface area contributed by atoms with E-state index in [9.17, 15) is 0 Å². The summed E-state index contributed by atoms with van der Waals surface area (Å²) in [6.07, 6.45) is 2.44. The Morgan fingerprint density at radius 3 is 3.05 bits per heavy atom. The smallest absolute Gasteiger partial charge is 0.0405 e. The molecule has 0 radical (unpaired) electrons. The predicted octanol–water partition coefficient (Wildman–Crippen LogP) is 1.86. The van der Waals surface area contributed by atoms with E-state index < -0.39 is 0 Å². The molecule has 0 spiro atoms. The molecule has 1 aromatic carbocycles. The van der Waals surface area contributed by atoms with Crippen LogP contribution in [0.2, 0.25) is 0 Å². The molecule has 1 N–H and O–H groups in total. The van der Waals surface area contributed by atoms with Gasteiger partial charge in [-0.15, -0.1) is 0 Å². The minimum Gasteiger partial charge on any atom is -0.367 e. The highest BCUT2D eigenvalue weighted by Gasteiger charge is 2.23. The molecule has 1 fully saturated rings. The maximum atomic E-state index is 3.47. The molecule has 0 aliphatic carbocycles. The van der Waals surface area contributed by atoms with Crippen LogP contribution in [-0.4, -0.2) is 44.2 Å². The van der Waals surface area contributed by atoms with Gasteiger partial charge in [0.05, 0.1) is 0 Å². The van der Waals surface area contributed by atoms with Crippen LogP contribution in [0.1, 0.15) is 24.5 Å². The predicted molar refractivity (Wildman–Crippen MR) is 80.8 cm³/mol. The Kier molecular flexibility index (Phi) is 3.76. The summed E-state index contributed by atoms with van der Waals surface area (Å²) in [5, 5.41) is 3.47. The molecule has 1 unspecified atom stereocenters. The Labute approximate surface area is 116 Å². The molecule has 0 saturated carbocycles. The number of nitrogens with zero attached hydrogens (tertiary/aromatic N) is 2. The van der Waals surface area contributed by atoms with Crippen molar-refractivity contribution in [1.82, 2.24) is 10.2 Å². The van der Waals surface area contributed by atoms with E-state index in [4.69, 9.17) is 0 Å². The zero-order chi connectivity index (χ0) is 13.2. The summed E-state index contributed by atoms with van der Waals surface area (Å²) in [6, 6.07) is 7.43. The monoisotopic (exact) mass is 259 g/mol. The molecule has 1 saturated heterocycles. The second-order valence-electron chi connectivity index (χ2n) is 6.00. The first-order chi connectivity index (χ1) is 9.25. The van der Waals surface area contributed by atoms with E-state index in [2.05, 4.69) is 47.3 Å². The van der Waals surface area contributed by atoms with Crippen molar-refractivity contribution in [2.24, 2.45) is 0 Å². The van der Waals surface area contributed by atoms with Crippen LogP contribution in [0.3, 0.4) is 0 Å². The van der Waals surface area contributed by atoms with Crippen LogP contribution in [0.5, 0.6) is 0 Å². The van der Waals surface area contributed by atoms with Crippen molar-refractivity contribution in [3.05, 3.63) is 29.3 Å². The Morgan fingerprint density at radius 2 is 2.16 bits per heavy atom. The van der Waals surface area contributed by atoms with Crippen molar-refractivity contribution in [1.29, 1.82) is 0 Å². The van der Waals surface area contributed by atoms with Crippen molar-refractivity contribution < 1.29 is 0 Å². The van der Waals surface area contributed by atoms with Gasteiger partial charge in [0.2, 0.25) is 0 Å². The summed E-state index contributed by atoms with van der Waals surface area (Å²) in [7, 11) is 2.24. The van der Waals surface area contributed by atoms with Crippen molar-refractivity contribution in [2.75, 3.05) is 38.1 Å². The fourth-order valence-electron chi connectivity index (χ4n) is 3.51. The normalized spacial score (nSPS) is 24.9. The number of hydrogen-bond acceptors (Lipinski definition) is 3. The highest BCUT2D eigenvalue weighted by atomic mass is 15.2. The molecule has 2 aliphatic rings. The molecular weight excluding hydrogens is 234 g/mol. The zero-order valence-electron chi connectivity index (χ0n) is 12.2. The molecule has 1 aromatic rings. The Bertz CT molecular complexity index is 444. The summed E-state index contributed by atoms with van der Waals surface area (Å²) in [5.74, 6) is 0. The fraction of sp³-hybridized carbons (Fsp3) is 0.625. The molecule has 3 heteroatoms. The molecule has 104 valence electrons. The van der Waals surface area contributed by atoms with Crippen LogP contribution < -0.4 is 10.2 Å². The van der Waals surface area contributed by atoms with E-state index in [0.717, 1.165) is 13.1 Å². The third-order valence-corrected chi connectivity index (χ3v) is 4.47. The molecule has 0 aromatic heterocycles. The van der Waals surface area contributed by atoms with E-state index >= 15 is 0 Å². The zero-order valence-corrected chi connectivity index (χ0v) is 12.2. The second-order valence-corrected chi connectivity index (χ2v) is 6.00. The summed E-state index contributed by atoms with van der Waals surface area (Å²) in [5.41, 5.74) is 4.56. The molecule has 2 aliphatic heterocycles. The quantitative estimate of drug-likeness (QED) is 0.830. The van der Waals surface area contributed by atoms with Crippen molar-refractivity contribution in [3.63, 3.8) is 0 Å². The highest BCUT2D eigenvalue weighted by Crippen LogP contribution is 2.29. The molecule has 2 heterocycles. The van der Waals surface area contributed by atoms with Gasteiger partial charge >= 0.3 is 0 Å². The second kappa shape index (κ2) is 5.51. The summed E-state index contributed by atoms with van der Waals surface area (Å²) in [6.45, 7) is 8.09. The SMILES string of the molecule is CC1CN(C)CCCN1c1cccc2c1CCNC2. The van der Waals surface area contributed by atoms with E-state index in [1.54, 1.807) is 5.56 Å². The number of likely N-dealkylation sites (N-methyl/N-ethyl adjacent to an activating group) is 1. The van der Waals surface area contributed by atoms with Crippen LogP contribution >= 0.6 is 0 Å². The van der Waals surface area contributed by atoms with Crippen molar-refractivity contribution in [2.45, 2.75) is 32.4 Å². The lowest BCUT2D eigenvalue weighted by Crippen LogP contribution is -2.39. The van der Waals surface area contributed by atoms with Gasteiger partial charge in [0, 0.05) is 31.4 Å². The lowest BCUT2D eigenvalue weighted by molar-refractivity contribution is 0.337. The van der Waals surface area contributed by atoms with Gasteiger partial charge in [-0.25, -0.2) is 0 Å². The van der Waals surface area contributed by atoms with Crippen LogP contribution in [0, 0.1) is 0 Å². The average Bonchev–Trinajstić information content (AvgIpc) is 2.59. The van der Waals surface area contributed by atoms with Gasteiger partial charge in [0.1, 0.15) is 0 Å². The fourth-order valence-corrected chi connectivity index (χ4v) is 3.51. The van der Waals surface area contributed by atoms with Gasteiger partial charge in [-0.2, -0.15) is 0 Å².